The Hall–Kier alpha value is -3.03. The molecular weight excluding hydrogens is 484 g/mol. The summed E-state index contributed by atoms with van der Waals surface area (Å²) in [6.07, 6.45) is 0. The van der Waals surface area contributed by atoms with Crippen LogP contribution in [0.25, 0.3) is 10.9 Å². The van der Waals surface area contributed by atoms with Crippen LogP contribution in [0.2, 0.25) is 0 Å². The number of aromatic nitrogens is 1. The predicted molar refractivity (Wildman–Crippen MR) is 138 cm³/mol. The second kappa shape index (κ2) is 9.22. The van der Waals surface area contributed by atoms with Gasteiger partial charge < -0.3 is 15.0 Å². The Kier molecular flexibility index (Phi) is 6.39. The highest BCUT2D eigenvalue weighted by atomic mass is 79.9. The number of hydrogen-bond donors (Lipinski definition) is 2. The maximum Gasteiger partial charge on any atom is 0.221 e. The minimum Gasteiger partial charge on any atom is -0.493 e. The second-order valence-corrected chi connectivity index (χ2v) is 9.10. The average molecular weight is 507 g/mol. The summed E-state index contributed by atoms with van der Waals surface area (Å²) < 4.78 is 2.75. The molecular formula is C25H23BrN4OS. The summed E-state index contributed by atoms with van der Waals surface area (Å²) in [5.74, 6) is 0.0569. The number of aryl methyl sites for hydroxylation is 3. The number of nitrogens with one attached hydrogen (secondary N) is 1. The molecule has 0 bridgehead atoms. The first-order chi connectivity index (χ1) is 15.3. The van der Waals surface area contributed by atoms with E-state index in [9.17, 15) is 5.11 Å². The van der Waals surface area contributed by atoms with E-state index in [1.54, 1.807) is 0 Å². The fraction of sp³-hybridized carbons (Fsp3) is 0.160. The molecule has 4 aromatic rings. The normalized spacial score (nSPS) is 11.4. The number of halogens is 1. The summed E-state index contributed by atoms with van der Waals surface area (Å²) in [7, 11) is 0. The minimum absolute atomic E-state index is 0.0569. The van der Waals surface area contributed by atoms with Crippen LogP contribution in [-0.4, -0.2) is 14.8 Å². The fourth-order valence-corrected chi connectivity index (χ4v) is 4.16. The van der Waals surface area contributed by atoms with Crippen molar-refractivity contribution in [3.8, 4) is 5.88 Å². The fourth-order valence-electron chi connectivity index (χ4n) is 3.64. The number of azo groups is 1. The van der Waals surface area contributed by atoms with E-state index < -0.39 is 0 Å². The average Bonchev–Trinajstić information content (AvgIpc) is 3.01. The zero-order valence-corrected chi connectivity index (χ0v) is 20.5. The summed E-state index contributed by atoms with van der Waals surface area (Å²) in [6.45, 7) is 6.66. The van der Waals surface area contributed by atoms with Crippen LogP contribution >= 0.6 is 28.1 Å². The highest BCUT2D eigenvalue weighted by Crippen LogP contribution is 2.40. The van der Waals surface area contributed by atoms with E-state index >= 15 is 0 Å². The van der Waals surface area contributed by atoms with Gasteiger partial charge in [0.15, 0.2) is 5.69 Å². The molecule has 0 aliphatic carbocycles. The Balaban J connectivity index is 1.71. The molecule has 0 amide bonds. The van der Waals surface area contributed by atoms with Gasteiger partial charge in [0, 0.05) is 15.5 Å². The van der Waals surface area contributed by atoms with Crippen molar-refractivity contribution >= 4 is 55.5 Å². The zero-order chi connectivity index (χ0) is 22.8. The van der Waals surface area contributed by atoms with E-state index in [1.165, 1.54) is 11.1 Å². The van der Waals surface area contributed by atoms with E-state index in [-0.39, 0.29) is 11.0 Å². The third-order valence-corrected chi connectivity index (χ3v) is 6.11. The van der Waals surface area contributed by atoms with Crippen LogP contribution < -0.4 is 5.32 Å². The quantitative estimate of drug-likeness (QED) is 0.221. The molecule has 0 radical (unpaired) electrons. The van der Waals surface area contributed by atoms with Crippen molar-refractivity contribution < 1.29 is 5.11 Å². The largest absolute Gasteiger partial charge is 0.493 e. The molecule has 5 nitrogen and oxygen atoms in total. The van der Waals surface area contributed by atoms with E-state index in [2.05, 4.69) is 63.5 Å². The number of benzene rings is 3. The van der Waals surface area contributed by atoms with Crippen molar-refractivity contribution in [2.45, 2.75) is 27.3 Å². The summed E-state index contributed by atoms with van der Waals surface area (Å²) in [6, 6.07) is 20.0. The monoisotopic (exact) mass is 506 g/mol. The van der Waals surface area contributed by atoms with Crippen molar-refractivity contribution in [2.75, 3.05) is 5.32 Å². The number of rotatable bonds is 4. The molecule has 0 saturated carbocycles. The number of nitrogens with zero attached hydrogens (tertiary/aromatic N) is 3. The van der Waals surface area contributed by atoms with Crippen molar-refractivity contribution in [3.63, 3.8) is 0 Å². The Morgan fingerprint density at radius 3 is 2.59 bits per heavy atom. The molecule has 0 saturated heterocycles. The third kappa shape index (κ3) is 4.59. The molecule has 0 spiro atoms. The first kappa shape index (κ1) is 22.2. The van der Waals surface area contributed by atoms with Gasteiger partial charge in [0.2, 0.25) is 11.0 Å². The Labute approximate surface area is 200 Å². The number of anilines is 1. The zero-order valence-electron chi connectivity index (χ0n) is 18.1. The molecule has 162 valence electrons. The lowest BCUT2D eigenvalue weighted by atomic mass is 10.1. The molecule has 0 aliphatic heterocycles. The van der Waals surface area contributed by atoms with Gasteiger partial charge in [0.25, 0.3) is 0 Å². The molecule has 7 heteroatoms. The lowest BCUT2D eigenvalue weighted by Crippen LogP contribution is -2.06. The van der Waals surface area contributed by atoms with Crippen molar-refractivity contribution in [1.82, 2.24) is 4.57 Å². The molecule has 1 aromatic heterocycles. The van der Waals surface area contributed by atoms with Crippen LogP contribution in [0.1, 0.15) is 22.3 Å². The van der Waals surface area contributed by atoms with Crippen molar-refractivity contribution in [1.29, 1.82) is 0 Å². The van der Waals surface area contributed by atoms with Crippen LogP contribution in [0, 0.1) is 20.8 Å². The molecule has 2 N–H and O–H groups in total. The standard InChI is InChI=1S/C25H23BrN4OS/c1-15-8-9-16(2)18(12-15)14-30-22-11-10-19(26)13-20(22)23(24(30)31)28-29-25(32)27-21-7-5-4-6-17(21)3/h4-13,31H,14H2,1-3H3,(H,27,32). The molecule has 0 atom stereocenters. The van der Waals surface area contributed by atoms with Gasteiger partial charge in [-0.1, -0.05) is 57.9 Å². The van der Waals surface area contributed by atoms with Crippen molar-refractivity contribution in [2.24, 2.45) is 10.2 Å². The molecule has 4 rings (SSSR count). The third-order valence-electron chi connectivity index (χ3n) is 5.43. The summed E-state index contributed by atoms with van der Waals surface area (Å²) >= 11 is 8.88. The van der Waals surface area contributed by atoms with Gasteiger partial charge >= 0.3 is 0 Å². The van der Waals surface area contributed by atoms with E-state index in [0.717, 1.165) is 32.2 Å². The van der Waals surface area contributed by atoms with Crippen LogP contribution in [0.15, 0.2) is 75.4 Å². The number of thiocarbonyl (C=S) groups is 1. The molecule has 1 heterocycles. The summed E-state index contributed by atoms with van der Waals surface area (Å²) in [5, 5.41) is 23.7. The lowest BCUT2D eigenvalue weighted by Gasteiger charge is -2.11. The molecule has 0 fully saturated rings. The highest BCUT2D eigenvalue weighted by molar-refractivity contribution is 9.10. The topological polar surface area (TPSA) is 61.9 Å². The number of para-hydroxylation sites is 1. The van der Waals surface area contributed by atoms with Gasteiger partial charge in [0.05, 0.1) is 12.1 Å². The summed E-state index contributed by atoms with van der Waals surface area (Å²) in [5.41, 5.74) is 6.68. The van der Waals surface area contributed by atoms with Gasteiger partial charge in [-0.15, -0.1) is 10.2 Å². The van der Waals surface area contributed by atoms with Gasteiger partial charge in [0.1, 0.15) is 0 Å². The van der Waals surface area contributed by atoms with Gasteiger partial charge in [-0.3, -0.25) is 0 Å². The Morgan fingerprint density at radius 1 is 1.03 bits per heavy atom. The maximum absolute atomic E-state index is 11.1. The van der Waals surface area contributed by atoms with Crippen molar-refractivity contribution in [3.05, 3.63) is 87.4 Å². The smallest absolute Gasteiger partial charge is 0.221 e. The second-order valence-electron chi connectivity index (χ2n) is 7.79. The molecule has 3 aromatic carbocycles. The van der Waals surface area contributed by atoms with E-state index in [4.69, 9.17) is 12.2 Å². The first-order valence-electron chi connectivity index (χ1n) is 10.2. The molecule has 0 unspecified atom stereocenters. The Morgan fingerprint density at radius 2 is 1.81 bits per heavy atom. The lowest BCUT2D eigenvalue weighted by molar-refractivity contribution is 0.429. The SMILES string of the molecule is Cc1ccc(C)c(Cn2c(O)c(N=NC(=S)Nc3ccccc3C)c3cc(Br)ccc32)c1. The predicted octanol–water partition coefficient (Wildman–Crippen LogP) is 7.56. The van der Waals surface area contributed by atoms with Gasteiger partial charge in [-0.25, -0.2) is 0 Å². The summed E-state index contributed by atoms with van der Waals surface area (Å²) in [4.78, 5) is 0. The van der Waals surface area contributed by atoms with Gasteiger partial charge in [-0.05, 0) is 73.9 Å². The van der Waals surface area contributed by atoms with Gasteiger partial charge in [-0.2, -0.15) is 0 Å². The van der Waals surface area contributed by atoms with Crippen LogP contribution in [0.4, 0.5) is 11.4 Å². The number of aromatic hydroxyl groups is 1. The Bertz CT molecular complexity index is 1360. The van der Waals surface area contributed by atoms with E-state index in [0.29, 0.717) is 12.2 Å². The number of hydrogen-bond acceptors (Lipinski definition) is 3. The van der Waals surface area contributed by atoms with Crippen LogP contribution in [0.5, 0.6) is 5.88 Å². The molecule has 32 heavy (non-hydrogen) atoms. The minimum atomic E-state index is 0.0569. The van der Waals surface area contributed by atoms with Crippen LogP contribution in [0.3, 0.4) is 0 Å². The maximum atomic E-state index is 11.1. The number of fused-ring (bicyclic) bond motifs is 1. The van der Waals surface area contributed by atoms with E-state index in [1.807, 2.05) is 54.0 Å². The molecule has 0 aliphatic rings. The van der Waals surface area contributed by atoms with Crippen LogP contribution in [-0.2, 0) is 6.54 Å². The first-order valence-corrected chi connectivity index (χ1v) is 11.4. The highest BCUT2D eigenvalue weighted by Gasteiger charge is 2.18.